The monoisotopic (exact) mass is 378 g/mol. The van der Waals surface area contributed by atoms with Crippen LogP contribution < -0.4 is 15.4 Å². The van der Waals surface area contributed by atoms with Gasteiger partial charge in [0.25, 0.3) is 5.91 Å². The molecule has 1 fully saturated rings. The number of rotatable bonds is 5. The molecule has 1 amide bonds. The number of amides is 1. The van der Waals surface area contributed by atoms with E-state index in [-0.39, 0.29) is 23.6 Å². The predicted octanol–water partition coefficient (Wildman–Crippen LogP) is 3.13. The molecule has 2 aromatic carbocycles. The highest BCUT2D eigenvalue weighted by atomic mass is 19.2. The Morgan fingerprint density at radius 2 is 2.00 bits per heavy atom. The summed E-state index contributed by atoms with van der Waals surface area (Å²) in [4.78, 5) is 12.5. The average molecular weight is 378 g/mol. The second-order valence-corrected chi connectivity index (χ2v) is 6.61. The number of carbonyl (C=O) groups excluding carboxylic acids is 1. The topological polar surface area (TPSA) is 50.4 Å². The van der Waals surface area contributed by atoms with Crippen LogP contribution in [0.5, 0.6) is 5.75 Å². The van der Waals surface area contributed by atoms with E-state index in [1.807, 2.05) is 0 Å². The average Bonchev–Trinajstić information content (AvgIpc) is 2.64. The Morgan fingerprint density at radius 3 is 2.74 bits per heavy atom. The van der Waals surface area contributed by atoms with Gasteiger partial charge in [0.1, 0.15) is 11.6 Å². The molecule has 4 nitrogen and oxygen atoms in total. The van der Waals surface area contributed by atoms with Crippen molar-refractivity contribution < 1.29 is 22.7 Å². The third kappa shape index (κ3) is 4.80. The van der Waals surface area contributed by atoms with Gasteiger partial charge in [0, 0.05) is 24.6 Å². The standard InChI is InChI=1S/C20H21F3N2O2/c1-12(27-15-4-2-3-14(21)10-15)20(26)25-19-11-24-8-7-16(19)13-5-6-17(22)18(23)9-13/h2-6,9-10,12,16,19,24H,7-8,11H2,1H3,(H,25,26). The van der Waals surface area contributed by atoms with E-state index in [2.05, 4.69) is 10.6 Å². The van der Waals surface area contributed by atoms with Gasteiger partial charge in [-0.1, -0.05) is 12.1 Å². The summed E-state index contributed by atoms with van der Waals surface area (Å²) in [5.74, 6) is -2.50. The van der Waals surface area contributed by atoms with Crippen LogP contribution in [0.4, 0.5) is 13.2 Å². The van der Waals surface area contributed by atoms with Crippen LogP contribution in [0.15, 0.2) is 42.5 Å². The minimum atomic E-state index is -0.904. The quantitative estimate of drug-likeness (QED) is 0.841. The Kier molecular flexibility index (Phi) is 6.01. The molecule has 144 valence electrons. The molecule has 0 radical (unpaired) electrons. The van der Waals surface area contributed by atoms with Crippen molar-refractivity contribution in [3.05, 3.63) is 65.5 Å². The van der Waals surface area contributed by atoms with Crippen molar-refractivity contribution in [3.8, 4) is 5.75 Å². The first kappa shape index (κ1) is 19.2. The van der Waals surface area contributed by atoms with Crippen LogP contribution in [-0.2, 0) is 4.79 Å². The highest BCUT2D eigenvalue weighted by Gasteiger charge is 2.30. The van der Waals surface area contributed by atoms with E-state index in [0.29, 0.717) is 25.1 Å². The Hall–Kier alpha value is -2.54. The van der Waals surface area contributed by atoms with Crippen molar-refractivity contribution in [2.24, 2.45) is 0 Å². The van der Waals surface area contributed by atoms with Gasteiger partial charge in [0.05, 0.1) is 0 Å². The number of nitrogens with one attached hydrogen (secondary N) is 2. The number of hydrogen-bond acceptors (Lipinski definition) is 3. The zero-order chi connectivity index (χ0) is 19.4. The van der Waals surface area contributed by atoms with Crippen LogP contribution in [0, 0.1) is 17.5 Å². The number of piperidine rings is 1. The van der Waals surface area contributed by atoms with E-state index >= 15 is 0 Å². The maximum atomic E-state index is 13.6. The summed E-state index contributed by atoms with van der Waals surface area (Å²) in [6, 6.07) is 9.08. The first-order valence-corrected chi connectivity index (χ1v) is 8.82. The van der Waals surface area contributed by atoms with Crippen molar-refractivity contribution >= 4 is 5.91 Å². The summed E-state index contributed by atoms with van der Waals surface area (Å²) in [6.45, 7) is 2.79. The molecule has 1 aliphatic rings. The lowest BCUT2D eigenvalue weighted by molar-refractivity contribution is -0.128. The summed E-state index contributed by atoms with van der Waals surface area (Å²) in [7, 11) is 0. The van der Waals surface area contributed by atoms with Crippen LogP contribution in [0.3, 0.4) is 0 Å². The Morgan fingerprint density at radius 1 is 1.19 bits per heavy atom. The number of halogens is 3. The van der Waals surface area contributed by atoms with Crippen molar-refractivity contribution in [2.45, 2.75) is 31.4 Å². The summed E-state index contributed by atoms with van der Waals surface area (Å²) < 4.78 is 45.5. The van der Waals surface area contributed by atoms with E-state index in [0.717, 1.165) is 6.07 Å². The lowest BCUT2D eigenvalue weighted by Crippen LogP contribution is -2.52. The first-order chi connectivity index (χ1) is 12.9. The van der Waals surface area contributed by atoms with Crippen molar-refractivity contribution in [1.29, 1.82) is 0 Å². The lowest BCUT2D eigenvalue weighted by atomic mass is 9.86. The van der Waals surface area contributed by atoms with E-state index in [1.54, 1.807) is 19.1 Å². The number of ether oxygens (including phenoxy) is 1. The fraction of sp³-hybridized carbons (Fsp3) is 0.350. The lowest BCUT2D eigenvalue weighted by Gasteiger charge is -2.34. The van der Waals surface area contributed by atoms with Gasteiger partial charge in [-0.3, -0.25) is 4.79 Å². The van der Waals surface area contributed by atoms with Gasteiger partial charge in [0.2, 0.25) is 0 Å². The third-order valence-corrected chi connectivity index (χ3v) is 4.66. The van der Waals surface area contributed by atoms with Gasteiger partial charge in [-0.25, -0.2) is 13.2 Å². The van der Waals surface area contributed by atoms with Crippen LogP contribution in [-0.4, -0.2) is 31.1 Å². The number of hydrogen-bond donors (Lipinski definition) is 2. The number of benzene rings is 2. The molecule has 3 rings (SSSR count). The van der Waals surface area contributed by atoms with Gasteiger partial charge >= 0.3 is 0 Å². The first-order valence-electron chi connectivity index (χ1n) is 8.82. The SMILES string of the molecule is CC(Oc1cccc(F)c1)C(=O)NC1CNCCC1c1ccc(F)c(F)c1. The van der Waals surface area contributed by atoms with E-state index in [9.17, 15) is 18.0 Å². The molecule has 7 heteroatoms. The zero-order valence-electron chi connectivity index (χ0n) is 14.8. The molecule has 1 saturated heterocycles. The molecule has 0 aliphatic carbocycles. The molecule has 0 aromatic heterocycles. The largest absolute Gasteiger partial charge is 0.481 e. The third-order valence-electron chi connectivity index (χ3n) is 4.66. The number of carbonyl (C=O) groups is 1. The Bertz CT molecular complexity index is 816. The van der Waals surface area contributed by atoms with Crippen molar-refractivity contribution in [1.82, 2.24) is 10.6 Å². The minimum Gasteiger partial charge on any atom is -0.481 e. The second kappa shape index (κ2) is 8.43. The van der Waals surface area contributed by atoms with Crippen molar-refractivity contribution in [2.75, 3.05) is 13.1 Å². The maximum Gasteiger partial charge on any atom is 0.261 e. The molecule has 2 N–H and O–H groups in total. The molecule has 2 aromatic rings. The maximum absolute atomic E-state index is 13.6. The summed E-state index contributed by atoms with van der Waals surface area (Å²) in [6.07, 6.45) is -0.158. The van der Waals surface area contributed by atoms with E-state index in [1.165, 1.54) is 24.3 Å². The van der Waals surface area contributed by atoms with Crippen LogP contribution in [0.25, 0.3) is 0 Å². The zero-order valence-corrected chi connectivity index (χ0v) is 14.8. The van der Waals surface area contributed by atoms with Crippen LogP contribution >= 0.6 is 0 Å². The van der Waals surface area contributed by atoms with Crippen LogP contribution in [0.2, 0.25) is 0 Å². The molecule has 0 spiro atoms. The molecule has 1 heterocycles. The molecule has 3 unspecified atom stereocenters. The normalized spacial score (nSPS) is 20.7. The van der Waals surface area contributed by atoms with Gasteiger partial charge in [-0.15, -0.1) is 0 Å². The predicted molar refractivity (Wildman–Crippen MR) is 95.0 cm³/mol. The van der Waals surface area contributed by atoms with E-state index < -0.39 is 23.6 Å². The molecular formula is C20H21F3N2O2. The highest BCUT2D eigenvalue weighted by molar-refractivity contribution is 5.81. The van der Waals surface area contributed by atoms with E-state index in [4.69, 9.17) is 4.74 Å². The van der Waals surface area contributed by atoms with Crippen molar-refractivity contribution in [3.63, 3.8) is 0 Å². The summed E-state index contributed by atoms with van der Waals surface area (Å²) in [5.41, 5.74) is 0.638. The summed E-state index contributed by atoms with van der Waals surface area (Å²) >= 11 is 0. The summed E-state index contributed by atoms with van der Waals surface area (Å²) in [5, 5.41) is 6.09. The minimum absolute atomic E-state index is 0.147. The van der Waals surface area contributed by atoms with Gasteiger partial charge in [0.15, 0.2) is 17.7 Å². The molecule has 27 heavy (non-hydrogen) atoms. The molecule has 3 atom stereocenters. The fourth-order valence-corrected chi connectivity index (χ4v) is 3.25. The Labute approximate surface area is 155 Å². The van der Waals surface area contributed by atoms with Gasteiger partial charge < -0.3 is 15.4 Å². The smallest absolute Gasteiger partial charge is 0.261 e. The molecule has 0 bridgehead atoms. The highest BCUT2D eigenvalue weighted by Crippen LogP contribution is 2.27. The molecular weight excluding hydrogens is 357 g/mol. The fourth-order valence-electron chi connectivity index (χ4n) is 3.25. The Balaban J connectivity index is 1.67. The molecule has 1 aliphatic heterocycles. The van der Waals surface area contributed by atoms with Crippen LogP contribution in [0.1, 0.15) is 24.8 Å². The molecule has 0 saturated carbocycles. The van der Waals surface area contributed by atoms with Gasteiger partial charge in [-0.05, 0) is 49.7 Å². The second-order valence-electron chi connectivity index (χ2n) is 6.61. The van der Waals surface area contributed by atoms with Gasteiger partial charge in [-0.2, -0.15) is 0 Å².